The number of amides is 1. The first kappa shape index (κ1) is 14.4. The van der Waals surface area contributed by atoms with E-state index in [1.807, 2.05) is 12.1 Å². The molecule has 1 aromatic heterocycles. The number of furan rings is 1. The Hall–Kier alpha value is -1.56. The van der Waals surface area contributed by atoms with E-state index in [9.17, 15) is 4.79 Å². The van der Waals surface area contributed by atoms with Crippen molar-refractivity contribution in [1.82, 2.24) is 9.80 Å². The number of hydrogen-bond acceptors (Lipinski definition) is 4. The largest absolute Gasteiger partial charge is 0.449 e. The molecule has 1 N–H and O–H groups in total. The molecule has 1 aromatic carbocycles. The van der Waals surface area contributed by atoms with E-state index in [2.05, 4.69) is 4.90 Å². The quantitative estimate of drug-likeness (QED) is 0.940. The summed E-state index contributed by atoms with van der Waals surface area (Å²) < 4.78 is 5.61. The van der Waals surface area contributed by atoms with Crippen LogP contribution in [0.5, 0.6) is 0 Å². The van der Waals surface area contributed by atoms with E-state index in [1.165, 1.54) is 0 Å². The molecule has 1 aliphatic heterocycles. The Morgan fingerprint density at radius 2 is 2.05 bits per heavy atom. The highest BCUT2D eigenvalue weighted by Crippen LogP contribution is 2.27. The van der Waals surface area contributed by atoms with Gasteiger partial charge in [-0.15, -0.1) is 0 Å². The molecule has 0 aliphatic carbocycles. The van der Waals surface area contributed by atoms with Gasteiger partial charge < -0.3 is 14.4 Å². The molecule has 5 nitrogen and oxygen atoms in total. The molecule has 0 saturated carbocycles. The first-order valence-electron chi connectivity index (χ1n) is 6.99. The molecule has 112 valence electrons. The van der Waals surface area contributed by atoms with Gasteiger partial charge in [0.05, 0.1) is 11.6 Å². The van der Waals surface area contributed by atoms with Crippen molar-refractivity contribution >= 4 is 28.5 Å². The first-order valence-corrected chi connectivity index (χ1v) is 7.37. The summed E-state index contributed by atoms with van der Waals surface area (Å²) in [6.45, 7) is 3.63. The lowest BCUT2D eigenvalue weighted by Crippen LogP contribution is -2.49. The lowest BCUT2D eigenvalue weighted by Gasteiger charge is -2.33. The summed E-state index contributed by atoms with van der Waals surface area (Å²) in [5.74, 6) is 0.222. The number of nitrogens with zero attached hydrogens (tertiary/aromatic N) is 2. The number of β-amino-alcohol motifs (C(OH)–C–C–N with tert-alkyl or cyclic N) is 1. The Bertz CT molecular complexity index is 647. The minimum absolute atomic E-state index is 0.106. The standard InChI is InChI=1S/C15H17ClN2O3/c16-12-3-1-2-11-10-13(21-14(11)12)15(20)18-6-4-17(5-7-18)8-9-19/h1-3,10,19H,4-9H2. The van der Waals surface area contributed by atoms with Crippen LogP contribution in [0.2, 0.25) is 5.02 Å². The van der Waals surface area contributed by atoms with Crippen molar-refractivity contribution in [3.63, 3.8) is 0 Å². The molecule has 0 spiro atoms. The van der Waals surface area contributed by atoms with Crippen molar-refractivity contribution in [3.05, 3.63) is 35.0 Å². The normalized spacial score (nSPS) is 16.6. The SMILES string of the molecule is O=C(c1cc2cccc(Cl)c2o1)N1CCN(CCO)CC1. The molecule has 1 fully saturated rings. The van der Waals surface area contributed by atoms with Gasteiger partial charge in [-0.05, 0) is 12.1 Å². The van der Waals surface area contributed by atoms with Crippen LogP contribution in [-0.2, 0) is 0 Å². The van der Waals surface area contributed by atoms with Crippen molar-refractivity contribution in [2.75, 3.05) is 39.3 Å². The summed E-state index contributed by atoms with van der Waals surface area (Å²) in [7, 11) is 0. The Morgan fingerprint density at radius 3 is 2.71 bits per heavy atom. The number of fused-ring (bicyclic) bond motifs is 1. The lowest BCUT2D eigenvalue weighted by molar-refractivity contribution is 0.0587. The summed E-state index contributed by atoms with van der Waals surface area (Å²) in [5, 5.41) is 10.3. The van der Waals surface area contributed by atoms with Crippen LogP contribution in [0.3, 0.4) is 0 Å². The predicted octanol–water partition coefficient (Wildman–Crippen LogP) is 1.84. The molecule has 21 heavy (non-hydrogen) atoms. The molecule has 6 heteroatoms. The number of rotatable bonds is 3. The second-order valence-electron chi connectivity index (χ2n) is 5.13. The number of hydrogen-bond donors (Lipinski definition) is 1. The maximum atomic E-state index is 12.5. The second-order valence-corrected chi connectivity index (χ2v) is 5.53. The highest BCUT2D eigenvalue weighted by Gasteiger charge is 2.24. The Labute approximate surface area is 127 Å². The summed E-state index contributed by atoms with van der Waals surface area (Å²) in [6, 6.07) is 7.20. The first-order chi connectivity index (χ1) is 10.2. The van der Waals surface area contributed by atoms with Crippen LogP contribution < -0.4 is 0 Å². The maximum Gasteiger partial charge on any atom is 0.289 e. The molecule has 1 saturated heterocycles. The van der Waals surface area contributed by atoms with Gasteiger partial charge in [0.15, 0.2) is 11.3 Å². The van der Waals surface area contributed by atoms with Gasteiger partial charge in [-0.3, -0.25) is 9.69 Å². The zero-order valence-electron chi connectivity index (χ0n) is 11.6. The highest BCUT2D eigenvalue weighted by atomic mass is 35.5. The molecule has 1 aliphatic rings. The van der Waals surface area contributed by atoms with Crippen LogP contribution in [0, 0.1) is 0 Å². The average molecular weight is 309 g/mol. The number of para-hydroxylation sites is 1. The van der Waals surface area contributed by atoms with Gasteiger partial charge in [-0.1, -0.05) is 23.7 Å². The summed E-state index contributed by atoms with van der Waals surface area (Å²) in [6.07, 6.45) is 0. The van der Waals surface area contributed by atoms with Gasteiger partial charge >= 0.3 is 0 Å². The van der Waals surface area contributed by atoms with E-state index < -0.39 is 0 Å². The van der Waals surface area contributed by atoms with Crippen LogP contribution in [0.15, 0.2) is 28.7 Å². The Kier molecular flexibility index (Phi) is 4.14. The van der Waals surface area contributed by atoms with Gasteiger partial charge in [0.25, 0.3) is 5.91 Å². The van der Waals surface area contributed by atoms with E-state index >= 15 is 0 Å². The van der Waals surface area contributed by atoms with Crippen LogP contribution in [0.25, 0.3) is 11.0 Å². The number of halogens is 1. The smallest absolute Gasteiger partial charge is 0.289 e. The van der Waals surface area contributed by atoms with Gasteiger partial charge in [0, 0.05) is 38.1 Å². The maximum absolute atomic E-state index is 12.5. The van der Waals surface area contributed by atoms with Crippen molar-refractivity contribution in [1.29, 1.82) is 0 Å². The molecule has 2 aromatic rings. The van der Waals surface area contributed by atoms with Crippen LogP contribution >= 0.6 is 11.6 Å². The highest BCUT2D eigenvalue weighted by molar-refractivity contribution is 6.34. The topological polar surface area (TPSA) is 56.9 Å². The van der Waals surface area contributed by atoms with E-state index in [4.69, 9.17) is 21.1 Å². The number of aliphatic hydroxyl groups excluding tert-OH is 1. The number of aliphatic hydroxyl groups is 1. The lowest BCUT2D eigenvalue weighted by atomic mass is 10.2. The summed E-state index contributed by atoms with van der Waals surface area (Å²) >= 11 is 6.07. The second kappa shape index (κ2) is 6.05. The van der Waals surface area contributed by atoms with Crippen molar-refractivity contribution < 1.29 is 14.3 Å². The molecular weight excluding hydrogens is 292 g/mol. The van der Waals surface area contributed by atoms with Crippen molar-refractivity contribution in [2.24, 2.45) is 0 Å². The molecule has 0 bridgehead atoms. The third kappa shape index (κ3) is 2.90. The molecule has 2 heterocycles. The minimum Gasteiger partial charge on any atom is -0.449 e. The molecular formula is C15H17ClN2O3. The number of piperazine rings is 1. The molecule has 0 atom stereocenters. The number of carbonyl (C=O) groups is 1. The van der Waals surface area contributed by atoms with Gasteiger partial charge in [-0.2, -0.15) is 0 Å². The summed E-state index contributed by atoms with van der Waals surface area (Å²) in [5.41, 5.74) is 0.557. The van der Waals surface area contributed by atoms with Gasteiger partial charge in [0.2, 0.25) is 0 Å². The molecule has 3 rings (SSSR count). The van der Waals surface area contributed by atoms with Crippen molar-refractivity contribution in [2.45, 2.75) is 0 Å². The number of benzene rings is 1. The number of carbonyl (C=O) groups excluding carboxylic acids is 1. The summed E-state index contributed by atoms with van der Waals surface area (Å²) in [4.78, 5) is 16.4. The third-order valence-electron chi connectivity index (χ3n) is 3.78. The van der Waals surface area contributed by atoms with Gasteiger partial charge in [-0.25, -0.2) is 0 Å². The fraction of sp³-hybridized carbons (Fsp3) is 0.400. The van der Waals surface area contributed by atoms with Crippen LogP contribution in [0.4, 0.5) is 0 Å². The zero-order chi connectivity index (χ0) is 14.8. The van der Waals surface area contributed by atoms with Crippen molar-refractivity contribution in [3.8, 4) is 0 Å². The average Bonchev–Trinajstić information content (AvgIpc) is 2.93. The minimum atomic E-state index is -0.106. The Morgan fingerprint density at radius 1 is 1.29 bits per heavy atom. The molecule has 0 radical (unpaired) electrons. The van der Waals surface area contributed by atoms with Crippen LogP contribution in [0.1, 0.15) is 10.6 Å². The van der Waals surface area contributed by atoms with E-state index in [-0.39, 0.29) is 12.5 Å². The van der Waals surface area contributed by atoms with Gasteiger partial charge in [0.1, 0.15) is 0 Å². The fourth-order valence-electron chi connectivity index (χ4n) is 2.60. The molecule has 0 unspecified atom stereocenters. The monoisotopic (exact) mass is 308 g/mol. The molecule has 1 amide bonds. The van der Waals surface area contributed by atoms with Crippen LogP contribution in [-0.4, -0.2) is 60.1 Å². The van der Waals surface area contributed by atoms with E-state index in [0.717, 1.165) is 18.5 Å². The zero-order valence-corrected chi connectivity index (χ0v) is 12.3. The predicted molar refractivity (Wildman–Crippen MR) is 80.7 cm³/mol. The van der Waals surface area contributed by atoms with E-state index in [1.54, 1.807) is 17.0 Å². The van der Waals surface area contributed by atoms with E-state index in [0.29, 0.717) is 36.0 Å². The Balaban J connectivity index is 1.74. The third-order valence-corrected chi connectivity index (χ3v) is 4.08. The fourth-order valence-corrected chi connectivity index (χ4v) is 2.83.